The molecule has 0 aliphatic heterocycles. The van der Waals surface area contributed by atoms with Crippen molar-refractivity contribution in [1.82, 2.24) is 0 Å². The van der Waals surface area contributed by atoms with E-state index >= 15 is 0 Å². The summed E-state index contributed by atoms with van der Waals surface area (Å²) in [5.41, 5.74) is 2.15. The summed E-state index contributed by atoms with van der Waals surface area (Å²) in [4.78, 5) is 24.1. The number of para-hydroxylation sites is 2. The average Bonchev–Trinajstić information content (AvgIpc) is 2.91. The average molecular weight is 316 g/mol. The van der Waals surface area contributed by atoms with Crippen LogP contribution in [0.2, 0.25) is 0 Å². The molecule has 0 amide bonds. The van der Waals surface area contributed by atoms with Crippen LogP contribution in [0, 0.1) is 0 Å². The van der Waals surface area contributed by atoms with E-state index in [2.05, 4.69) is 10.6 Å². The van der Waals surface area contributed by atoms with E-state index in [-0.39, 0.29) is 10.9 Å². The zero-order valence-electron chi connectivity index (χ0n) is 12.9. The summed E-state index contributed by atoms with van der Waals surface area (Å²) in [6.45, 7) is 0. The molecule has 0 aliphatic carbocycles. The van der Waals surface area contributed by atoms with E-state index in [9.17, 15) is 9.59 Å². The van der Waals surface area contributed by atoms with E-state index in [0.29, 0.717) is 22.7 Å². The molecule has 118 valence electrons. The minimum Gasteiger partial charge on any atom is -0.351 e. The van der Waals surface area contributed by atoms with Crippen molar-refractivity contribution < 1.29 is 0 Å². The molecule has 0 aliphatic rings. The lowest BCUT2D eigenvalue weighted by molar-refractivity contribution is 1.48. The second-order valence-corrected chi connectivity index (χ2v) is 5.17. The number of hydrogen-bond acceptors (Lipinski definition) is 4. The molecule has 4 nitrogen and oxygen atoms in total. The minimum atomic E-state index is -0.106. The Morgan fingerprint density at radius 2 is 0.750 bits per heavy atom. The van der Waals surface area contributed by atoms with Crippen LogP contribution < -0.4 is 21.5 Å². The largest absolute Gasteiger partial charge is 0.351 e. The van der Waals surface area contributed by atoms with E-state index < -0.39 is 0 Å². The van der Waals surface area contributed by atoms with Gasteiger partial charge in [0, 0.05) is 0 Å². The smallest absolute Gasteiger partial charge is 0.201 e. The van der Waals surface area contributed by atoms with Crippen LogP contribution in [0.5, 0.6) is 0 Å². The van der Waals surface area contributed by atoms with Crippen LogP contribution in [0.15, 0.2) is 94.5 Å². The molecule has 0 heterocycles. The molecule has 0 fully saturated rings. The Labute approximate surface area is 139 Å². The Kier molecular flexibility index (Phi) is 4.68. The highest BCUT2D eigenvalue weighted by atomic mass is 16.1. The van der Waals surface area contributed by atoms with Gasteiger partial charge in [-0.15, -0.1) is 0 Å². The quantitative estimate of drug-likeness (QED) is 0.766. The van der Waals surface area contributed by atoms with E-state index in [0.717, 1.165) is 0 Å². The van der Waals surface area contributed by atoms with E-state index in [1.165, 1.54) is 12.1 Å². The topological polar surface area (TPSA) is 58.2 Å². The first-order valence-corrected chi connectivity index (χ1v) is 7.56. The van der Waals surface area contributed by atoms with Gasteiger partial charge < -0.3 is 10.6 Å². The number of nitrogens with one attached hydrogen (secondary N) is 2. The van der Waals surface area contributed by atoms with E-state index in [1.54, 1.807) is 48.5 Å². The van der Waals surface area contributed by atoms with Gasteiger partial charge in [-0.2, -0.15) is 0 Å². The lowest BCUT2D eigenvalue weighted by atomic mass is 10.2. The van der Waals surface area contributed by atoms with Crippen LogP contribution in [0.3, 0.4) is 0 Å². The third-order valence-electron chi connectivity index (χ3n) is 3.46. The molecule has 3 aromatic carbocycles. The molecule has 0 atom stereocenters. The highest BCUT2D eigenvalue weighted by Crippen LogP contribution is 2.25. The van der Waals surface area contributed by atoms with Gasteiger partial charge in [0.05, 0.1) is 22.7 Å². The van der Waals surface area contributed by atoms with Crippen molar-refractivity contribution in [3.05, 3.63) is 105 Å². The fraction of sp³-hybridized carbons (Fsp3) is 0. The Balaban J connectivity index is 1.97. The Morgan fingerprint density at radius 3 is 1.21 bits per heavy atom. The SMILES string of the molecule is O=c1cccccc1Nc1ccccc1Nc1cccccc1=O. The maximum atomic E-state index is 12.1. The molecule has 0 saturated carbocycles. The van der Waals surface area contributed by atoms with Gasteiger partial charge in [0.2, 0.25) is 10.9 Å². The highest BCUT2D eigenvalue weighted by molar-refractivity contribution is 5.77. The summed E-state index contributed by atoms with van der Waals surface area (Å²) in [6.07, 6.45) is 0. The summed E-state index contributed by atoms with van der Waals surface area (Å²) in [6, 6.07) is 24.5. The van der Waals surface area contributed by atoms with Gasteiger partial charge in [-0.1, -0.05) is 48.5 Å². The second-order valence-electron chi connectivity index (χ2n) is 5.17. The molecule has 2 N–H and O–H groups in total. The van der Waals surface area contributed by atoms with Gasteiger partial charge in [0.1, 0.15) is 0 Å². The number of benzene rings is 1. The third kappa shape index (κ3) is 3.67. The van der Waals surface area contributed by atoms with Gasteiger partial charge in [-0.25, -0.2) is 0 Å². The fourth-order valence-electron chi connectivity index (χ4n) is 2.26. The van der Waals surface area contributed by atoms with Crippen molar-refractivity contribution in [1.29, 1.82) is 0 Å². The summed E-state index contributed by atoms with van der Waals surface area (Å²) in [7, 11) is 0. The molecule has 0 bridgehead atoms. The van der Waals surface area contributed by atoms with Crippen molar-refractivity contribution in [2.75, 3.05) is 10.6 Å². The van der Waals surface area contributed by atoms with Crippen molar-refractivity contribution in [2.24, 2.45) is 0 Å². The van der Waals surface area contributed by atoms with Gasteiger partial charge in [0.15, 0.2) is 0 Å². The van der Waals surface area contributed by atoms with Gasteiger partial charge in [0.25, 0.3) is 0 Å². The molecule has 3 aromatic rings. The predicted octanol–water partition coefficient (Wildman–Crippen LogP) is 3.89. The molecule has 0 spiro atoms. The first-order valence-electron chi connectivity index (χ1n) is 7.56. The molecule has 3 rings (SSSR count). The molecule has 0 saturated heterocycles. The molecule has 0 aromatic heterocycles. The second kappa shape index (κ2) is 7.24. The van der Waals surface area contributed by atoms with Crippen molar-refractivity contribution in [2.45, 2.75) is 0 Å². The lowest BCUT2D eigenvalue weighted by Crippen LogP contribution is -2.08. The number of rotatable bonds is 4. The Bertz CT molecular complexity index is 891. The van der Waals surface area contributed by atoms with Crippen LogP contribution >= 0.6 is 0 Å². The van der Waals surface area contributed by atoms with Crippen LogP contribution in [0.4, 0.5) is 22.7 Å². The summed E-state index contributed by atoms with van der Waals surface area (Å²) in [5.74, 6) is 0. The van der Waals surface area contributed by atoms with Gasteiger partial charge >= 0.3 is 0 Å². The van der Waals surface area contributed by atoms with Crippen LogP contribution in [0.1, 0.15) is 0 Å². The molecule has 24 heavy (non-hydrogen) atoms. The van der Waals surface area contributed by atoms with Crippen molar-refractivity contribution in [3.63, 3.8) is 0 Å². The number of anilines is 4. The zero-order chi connectivity index (χ0) is 16.8. The maximum absolute atomic E-state index is 12.1. The van der Waals surface area contributed by atoms with Crippen LogP contribution in [-0.4, -0.2) is 0 Å². The van der Waals surface area contributed by atoms with E-state index in [4.69, 9.17) is 0 Å². The zero-order valence-corrected chi connectivity index (χ0v) is 12.9. The molecular weight excluding hydrogens is 300 g/mol. The predicted molar refractivity (Wildman–Crippen MR) is 98.4 cm³/mol. The molecule has 0 radical (unpaired) electrons. The monoisotopic (exact) mass is 316 g/mol. The lowest BCUT2D eigenvalue weighted by Gasteiger charge is -2.12. The van der Waals surface area contributed by atoms with Gasteiger partial charge in [-0.3, -0.25) is 9.59 Å². The Hall–Kier alpha value is -3.40. The van der Waals surface area contributed by atoms with Gasteiger partial charge in [-0.05, 0) is 36.4 Å². The van der Waals surface area contributed by atoms with Crippen molar-refractivity contribution in [3.8, 4) is 0 Å². The summed E-state index contributed by atoms with van der Waals surface area (Å²) >= 11 is 0. The standard InChI is InChI=1S/C20H16N2O2/c23-19-13-5-1-3-11-17(19)21-15-9-7-8-10-16(15)22-18-12-4-2-6-14-20(18)24/h1-14H,(H,21,23)(H,22,24). The van der Waals surface area contributed by atoms with Crippen LogP contribution in [-0.2, 0) is 0 Å². The van der Waals surface area contributed by atoms with E-state index in [1.807, 2.05) is 24.3 Å². The fourth-order valence-corrected chi connectivity index (χ4v) is 2.26. The summed E-state index contributed by atoms with van der Waals surface area (Å²) < 4.78 is 0. The number of hydrogen-bond donors (Lipinski definition) is 2. The molecular formula is C20H16N2O2. The molecule has 0 unspecified atom stereocenters. The molecule has 4 heteroatoms. The third-order valence-corrected chi connectivity index (χ3v) is 3.46. The highest BCUT2D eigenvalue weighted by Gasteiger charge is 2.05. The minimum absolute atomic E-state index is 0.106. The maximum Gasteiger partial charge on any atom is 0.201 e. The van der Waals surface area contributed by atoms with Crippen LogP contribution in [0.25, 0.3) is 0 Å². The normalized spacial score (nSPS) is 10.0. The first kappa shape index (κ1) is 15.5. The first-order chi connectivity index (χ1) is 11.7. The Morgan fingerprint density at radius 1 is 0.417 bits per heavy atom. The summed E-state index contributed by atoms with van der Waals surface area (Å²) in [5, 5.41) is 6.26. The van der Waals surface area contributed by atoms with Crippen molar-refractivity contribution >= 4 is 22.7 Å².